The number of hydrogen-bond donors (Lipinski definition) is 1. The van der Waals surface area contributed by atoms with Gasteiger partial charge in [0.25, 0.3) is 5.91 Å². The maximum atomic E-state index is 14.7. The van der Waals surface area contributed by atoms with E-state index in [1.54, 1.807) is 17.5 Å². The zero-order valence-corrected chi connectivity index (χ0v) is 17.5. The van der Waals surface area contributed by atoms with Gasteiger partial charge in [-0.05, 0) is 31.0 Å². The molecule has 0 unspecified atom stereocenters. The lowest BCUT2D eigenvalue weighted by atomic mass is 10.1. The van der Waals surface area contributed by atoms with Gasteiger partial charge in [-0.25, -0.2) is 9.37 Å². The van der Waals surface area contributed by atoms with Gasteiger partial charge in [0, 0.05) is 29.6 Å². The molecule has 5 rings (SSSR count). The standard InChI is InChI=1S/C23H20FN5OS/c24-18-11-10-16(13-17(18)21-28-27-20-9-5-2-6-12-29(20)21)25-22(30)19-14-31-23(26-19)15-7-3-1-4-8-15/h1,3-4,7-8,10-11,13-14H,2,5-6,9,12H2,(H,25,30). The quantitative estimate of drug-likeness (QED) is 0.481. The second-order valence-corrected chi connectivity index (χ2v) is 8.31. The maximum Gasteiger partial charge on any atom is 0.275 e. The predicted octanol–water partition coefficient (Wildman–Crippen LogP) is 5.19. The summed E-state index contributed by atoms with van der Waals surface area (Å²) in [6.45, 7) is 0.773. The normalized spacial score (nSPS) is 13.5. The number of aryl methyl sites for hydroxylation is 1. The molecular formula is C23H20FN5OS. The Labute approximate surface area is 182 Å². The number of nitrogens with zero attached hydrogens (tertiary/aromatic N) is 4. The Balaban J connectivity index is 1.40. The van der Waals surface area contributed by atoms with Gasteiger partial charge in [-0.2, -0.15) is 0 Å². The molecule has 0 saturated carbocycles. The predicted molar refractivity (Wildman–Crippen MR) is 118 cm³/mol. The molecule has 0 bridgehead atoms. The monoisotopic (exact) mass is 433 g/mol. The summed E-state index contributed by atoms with van der Waals surface area (Å²) < 4.78 is 16.6. The van der Waals surface area contributed by atoms with E-state index in [0.717, 1.165) is 48.6 Å². The molecule has 156 valence electrons. The van der Waals surface area contributed by atoms with Crippen LogP contribution in [-0.2, 0) is 13.0 Å². The Hall–Kier alpha value is -3.39. The van der Waals surface area contributed by atoms with Gasteiger partial charge >= 0.3 is 0 Å². The lowest BCUT2D eigenvalue weighted by molar-refractivity contribution is 0.102. The molecule has 0 atom stereocenters. The fourth-order valence-electron chi connectivity index (χ4n) is 3.75. The van der Waals surface area contributed by atoms with E-state index in [0.29, 0.717) is 22.8 Å². The Bertz CT molecular complexity index is 1230. The van der Waals surface area contributed by atoms with E-state index in [2.05, 4.69) is 20.5 Å². The number of carbonyl (C=O) groups is 1. The number of fused-ring (bicyclic) bond motifs is 1. The first-order chi connectivity index (χ1) is 15.2. The number of halogens is 1. The molecule has 2 aromatic heterocycles. The molecule has 2 aromatic carbocycles. The number of rotatable bonds is 4. The van der Waals surface area contributed by atoms with E-state index in [-0.39, 0.29) is 5.91 Å². The molecule has 8 heteroatoms. The Morgan fingerprint density at radius 3 is 2.81 bits per heavy atom. The van der Waals surface area contributed by atoms with Crippen LogP contribution in [-0.4, -0.2) is 25.7 Å². The van der Waals surface area contributed by atoms with Crippen LogP contribution < -0.4 is 5.32 Å². The van der Waals surface area contributed by atoms with Crippen LogP contribution in [0.15, 0.2) is 53.9 Å². The minimum atomic E-state index is -0.391. The van der Waals surface area contributed by atoms with Crippen LogP contribution in [0.2, 0.25) is 0 Å². The van der Waals surface area contributed by atoms with E-state index in [4.69, 9.17) is 0 Å². The molecule has 0 aliphatic carbocycles. The largest absolute Gasteiger partial charge is 0.321 e. The van der Waals surface area contributed by atoms with Gasteiger partial charge in [0.05, 0.1) is 5.56 Å². The van der Waals surface area contributed by atoms with Gasteiger partial charge < -0.3 is 9.88 Å². The molecule has 1 N–H and O–H groups in total. The minimum Gasteiger partial charge on any atom is -0.321 e. The highest BCUT2D eigenvalue weighted by Crippen LogP contribution is 2.28. The van der Waals surface area contributed by atoms with Gasteiger partial charge in [-0.1, -0.05) is 36.8 Å². The van der Waals surface area contributed by atoms with Gasteiger partial charge in [-0.15, -0.1) is 21.5 Å². The van der Waals surface area contributed by atoms with Crippen LogP contribution in [0.3, 0.4) is 0 Å². The summed E-state index contributed by atoms with van der Waals surface area (Å²) in [5, 5.41) is 13.8. The van der Waals surface area contributed by atoms with E-state index < -0.39 is 5.82 Å². The van der Waals surface area contributed by atoms with Crippen molar-refractivity contribution in [3.05, 3.63) is 71.2 Å². The van der Waals surface area contributed by atoms with Crippen molar-refractivity contribution < 1.29 is 9.18 Å². The summed E-state index contributed by atoms with van der Waals surface area (Å²) in [5.41, 5.74) is 2.11. The van der Waals surface area contributed by atoms with E-state index in [9.17, 15) is 9.18 Å². The molecule has 0 fully saturated rings. The van der Waals surface area contributed by atoms with Crippen molar-refractivity contribution in [3.63, 3.8) is 0 Å². The number of thiazole rings is 1. The third kappa shape index (κ3) is 3.98. The minimum absolute atomic E-state index is 0.325. The Kier molecular flexibility index (Phi) is 5.30. The zero-order chi connectivity index (χ0) is 21.2. The number of hydrogen-bond acceptors (Lipinski definition) is 5. The van der Waals surface area contributed by atoms with Crippen LogP contribution >= 0.6 is 11.3 Å². The second-order valence-electron chi connectivity index (χ2n) is 7.45. The SMILES string of the molecule is O=C(Nc1ccc(F)c(-c2nnc3n2CCCCC3)c1)c1csc(-c2ccccc2)n1. The third-order valence-corrected chi connectivity index (χ3v) is 6.22. The van der Waals surface area contributed by atoms with E-state index in [1.165, 1.54) is 17.4 Å². The molecule has 1 amide bonds. The number of aromatic nitrogens is 4. The maximum absolute atomic E-state index is 14.7. The van der Waals surface area contributed by atoms with E-state index >= 15 is 0 Å². The summed E-state index contributed by atoms with van der Waals surface area (Å²) in [6, 6.07) is 14.2. The third-order valence-electron chi connectivity index (χ3n) is 5.33. The van der Waals surface area contributed by atoms with Crippen molar-refractivity contribution in [2.75, 3.05) is 5.32 Å². The molecule has 3 heterocycles. The summed E-state index contributed by atoms with van der Waals surface area (Å²) in [7, 11) is 0. The topological polar surface area (TPSA) is 72.7 Å². The number of amides is 1. The van der Waals surface area contributed by atoms with Crippen molar-refractivity contribution in [1.82, 2.24) is 19.7 Å². The summed E-state index contributed by atoms with van der Waals surface area (Å²) >= 11 is 1.41. The zero-order valence-electron chi connectivity index (χ0n) is 16.7. The van der Waals surface area contributed by atoms with Crippen molar-refractivity contribution in [1.29, 1.82) is 0 Å². The lowest BCUT2D eigenvalue weighted by Gasteiger charge is -2.10. The first-order valence-corrected chi connectivity index (χ1v) is 11.1. The first-order valence-electron chi connectivity index (χ1n) is 10.2. The molecular weight excluding hydrogens is 413 g/mol. The average molecular weight is 434 g/mol. The van der Waals surface area contributed by atoms with Crippen molar-refractivity contribution in [2.24, 2.45) is 0 Å². The lowest BCUT2D eigenvalue weighted by Crippen LogP contribution is -2.12. The molecule has 0 spiro atoms. The van der Waals surface area contributed by atoms with Gasteiger partial charge in [0.1, 0.15) is 22.3 Å². The van der Waals surface area contributed by atoms with Crippen LogP contribution in [0.5, 0.6) is 0 Å². The Morgan fingerprint density at radius 2 is 1.94 bits per heavy atom. The average Bonchev–Trinajstić information content (AvgIpc) is 3.38. The molecule has 0 saturated heterocycles. The molecule has 1 aliphatic rings. The van der Waals surface area contributed by atoms with Crippen molar-refractivity contribution in [3.8, 4) is 22.0 Å². The summed E-state index contributed by atoms with van der Waals surface area (Å²) in [4.78, 5) is 17.2. The van der Waals surface area contributed by atoms with Crippen LogP contribution in [0.1, 0.15) is 35.6 Å². The number of carbonyl (C=O) groups excluding carboxylic acids is 1. The van der Waals surface area contributed by atoms with Crippen molar-refractivity contribution >= 4 is 22.9 Å². The van der Waals surface area contributed by atoms with Crippen molar-refractivity contribution in [2.45, 2.75) is 32.2 Å². The van der Waals surface area contributed by atoms with Gasteiger partial charge in [-0.3, -0.25) is 4.79 Å². The number of anilines is 1. The van der Waals surface area contributed by atoms with Crippen LogP contribution in [0.25, 0.3) is 22.0 Å². The highest BCUT2D eigenvalue weighted by Gasteiger charge is 2.20. The first kappa shape index (κ1) is 19.6. The fraction of sp³-hybridized carbons (Fsp3) is 0.217. The second kappa shape index (κ2) is 8.39. The van der Waals surface area contributed by atoms with Gasteiger partial charge in [0.2, 0.25) is 0 Å². The van der Waals surface area contributed by atoms with Gasteiger partial charge in [0.15, 0.2) is 5.82 Å². The van der Waals surface area contributed by atoms with E-state index in [1.807, 2.05) is 34.9 Å². The summed E-state index contributed by atoms with van der Waals surface area (Å²) in [6.07, 6.45) is 4.05. The molecule has 0 radical (unpaired) electrons. The summed E-state index contributed by atoms with van der Waals surface area (Å²) in [5.74, 6) is 0.663. The van der Waals surface area contributed by atoms with Crippen LogP contribution in [0, 0.1) is 5.82 Å². The smallest absolute Gasteiger partial charge is 0.275 e. The Morgan fingerprint density at radius 1 is 1.06 bits per heavy atom. The molecule has 1 aliphatic heterocycles. The highest BCUT2D eigenvalue weighted by atomic mass is 32.1. The highest BCUT2D eigenvalue weighted by molar-refractivity contribution is 7.13. The molecule has 4 aromatic rings. The molecule has 6 nitrogen and oxygen atoms in total. The number of benzene rings is 2. The molecule has 31 heavy (non-hydrogen) atoms. The van der Waals surface area contributed by atoms with Crippen LogP contribution in [0.4, 0.5) is 10.1 Å². The number of nitrogens with one attached hydrogen (secondary N) is 1. The fourth-order valence-corrected chi connectivity index (χ4v) is 4.55.